The zero-order valence-electron chi connectivity index (χ0n) is 14.4. The van der Waals surface area contributed by atoms with Crippen LogP contribution in [0.4, 0.5) is 0 Å². The predicted octanol–water partition coefficient (Wildman–Crippen LogP) is 4.09. The van der Waals surface area contributed by atoms with Crippen LogP contribution >= 0.6 is 0 Å². The van der Waals surface area contributed by atoms with Gasteiger partial charge in [-0.05, 0) is 35.1 Å². The Kier molecular flexibility index (Phi) is 5.75. The van der Waals surface area contributed by atoms with E-state index in [4.69, 9.17) is 9.47 Å². The van der Waals surface area contributed by atoms with E-state index in [1.54, 1.807) is 24.3 Å². The number of carbonyl (C=O) groups is 2. The predicted molar refractivity (Wildman–Crippen MR) is 85.9 cm³/mol. The van der Waals surface area contributed by atoms with Crippen LogP contribution in [0, 0.1) is 10.8 Å². The fraction of sp³-hybridized carbons (Fsp3) is 0.556. The fourth-order valence-corrected chi connectivity index (χ4v) is 1.47. The fourth-order valence-electron chi connectivity index (χ4n) is 1.47. The quantitative estimate of drug-likeness (QED) is 0.786. The van der Waals surface area contributed by atoms with Crippen molar-refractivity contribution in [3.8, 4) is 0 Å². The molecule has 0 heterocycles. The third-order valence-electron chi connectivity index (χ3n) is 2.63. The third kappa shape index (κ3) is 6.74. The number of hydrogen-bond acceptors (Lipinski definition) is 4. The van der Waals surface area contributed by atoms with Crippen LogP contribution in [0.15, 0.2) is 24.3 Å². The lowest BCUT2D eigenvalue weighted by atomic mass is 9.98. The Morgan fingerprint density at radius 2 is 1.00 bits per heavy atom. The lowest BCUT2D eigenvalue weighted by Crippen LogP contribution is -2.19. The van der Waals surface area contributed by atoms with Gasteiger partial charge in [-0.2, -0.15) is 0 Å². The maximum atomic E-state index is 11.9. The molecule has 0 amide bonds. The van der Waals surface area contributed by atoms with Gasteiger partial charge in [0.05, 0.1) is 24.3 Å². The molecule has 0 spiro atoms. The molecule has 4 nitrogen and oxygen atoms in total. The maximum Gasteiger partial charge on any atom is 0.338 e. The molecule has 0 saturated carbocycles. The van der Waals surface area contributed by atoms with Crippen molar-refractivity contribution in [3.05, 3.63) is 35.4 Å². The summed E-state index contributed by atoms with van der Waals surface area (Å²) in [6.07, 6.45) is 0. The Morgan fingerprint density at radius 1 is 0.727 bits per heavy atom. The molecule has 22 heavy (non-hydrogen) atoms. The molecule has 4 heteroatoms. The van der Waals surface area contributed by atoms with Crippen LogP contribution in [-0.2, 0) is 9.47 Å². The van der Waals surface area contributed by atoms with Gasteiger partial charge in [-0.3, -0.25) is 0 Å². The summed E-state index contributed by atoms with van der Waals surface area (Å²) in [7, 11) is 0. The summed E-state index contributed by atoms with van der Waals surface area (Å²) in [5, 5.41) is 0. The van der Waals surface area contributed by atoms with Gasteiger partial charge in [0.15, 0.2) is 0 Å². The number of ether oxygens (including phenoxy) is 2. The number of rotatable bonds is 4. The number of hydrogen-bond donors (Lipinski definition) is 0. The van der Waals surface area contributed by atoms with Crippen LogP contribution in [0.2, 0.25) is 0 Å². The van der Waals surface area contributed by atoms with E-state index in [1.807, 2.05) is 41.5 Å². The summed E-state index contributed by atoms with van der Waals surface area (Å²) in [6.45, 7) is 12.7. The molecule has 1 rings (SSSR count). The van der Waals surface area contributed by atoms with E-state index in [1.165, 1.54) is 0 Å². The van der Waals surface area contributed by atoms with Gasteiger partial charge in [0.2, 0.25) is 0 Å². The van der Waals surface area contributed by atoms with E-state index in [2.05, 4.69) is 0 Å². The van der Waals surface area contributed by atoms with Crippen molar-refractivity contribution < 1.29 is 19.1 Å². The number of carbonyl (C=O) groups excluding carboxylic acids is 2. The number of benzene rings is 1. The second kappa shape index (κ2) is 6.95. The van der Waals surface area contributed by atoms with Gasteiger partial charge >= 0.3 is 11.9 Å². The summed E-state index contributed by atoms with van der Waals surface area (Å²) in [5.74, 6) is -0.769. The largest absolute Gasteiger partial charge is 0.462 e. The van der Waals surface area contributed by atoms with Crippen molar-refractivity contribution in [2.75, 3.05) is 13.2 Å². The molecule has 0 aliphatic carbocycles. The topological polar surface area (TPSA) is 52.6 Å². The molecule has 0 atom stereocenters. The SMILES string of the molecule is CC(C)(C)COC(=O)c1ccc(C(=O)OCC(C)(C)C)cc1. The molecule has 0 fully saturated rings. The molecule has 122 valence electrons. The minimum Gasteiger partial charge on any atom is -0.462 e. The van der Waals surface area contributed by atoms with E-state index in [0.29, 0.717) is 24.3 Å². The van der Waals surface area contributed by atoms with Gasteiger partial charge in [-0.25, -0.2) is 9.59 Å². The Labute approximate surface area is 132 Å². The Balaban J connectivity index is 2.62. The normalized spacial score (nSPS) is 11.9. The molecule has 0 bridgehead atoms. The first-order valence-corrected chi connectivity index (χ1v) is 7.42. The highest BCUT2D eigenvalue weighted by atomic mass is 16.5. The first-order chi connectivity index (χ1) is 9.98. The Hall–Kier alpha value is -1.84. The van der Waals surface area contributed by atoms with Crippen LogP contribution in [0.5, 0.6) is 0 Å². The molecule has 0 radical (unpaired) electrons. The summed E-state index contributed by atoms with van der Waals surface area (Å²) >= 11 is 0. The third-order valence-corrected chi connectivity index (χ3v) is 2.63. The van der Waals surface area contributed by atoms with Gasteiger partial charge in [0.1, 0.15) is 0 Å². The summed E-state index contributed by atoms with van der Waals surface area (Å²) in [6, 6.07) is 6.33. The molecule has 0 aliphatic heterocycles. The van der Waals surface area contributed by atoms with Crippen molar-refractivity contribution in [3.63, 3.8) is 0 Å². The first kappa shape index (κ1) is 18.2. The molecule has 0 unspecified atom stereocenters. The van der Waals surface area contributed by atoms with Crippen LogP contribution in [0.25, 0.3) is 0 Å². The second-order valence-electron chi connectivity index (χ2n) is 7.85. The molecular weight excluding hydrogens is 280 g/mol. The Bertz CT molecular complexity index is 467. The maximum absolute atomic E-state index is 11.9. The van der Waals surface area contributed by atoms with Gasteiger partial charge in [-0.1, -0.05) is 41.5 Å². The minimum absolute atomic E-state index is 0.0770. The van der Waals surface area contributed by atoms with Crippen molar-refractivity contribution in [1.29, 1.82) is 0 Å². The highest BCUT2D eigenvalue weighted by Crippen LogP contribution is 2.16. The molecule has 0 aliphatic rings. The van der Waals surface area contributed by atoms with Crippen LogP contribution in [-0.4, -0.2) is 25.2 Å². The van der Waals surface area contributed by atoms with E-state index in [0.717, 1.165) is 0 Å². The van der Waals surface area contributed by atoms with Crippen molar-refractivity contribution >= 4 is 11.9 Å². The average molecular weight is 306 g/mol. The zero-order valence-corrected chi connectivity index (χ0v) is 14.4. The monoisotopic (exact) mass is 306 g/mol. The van der Waals surface area contributed by atoms with Crippen molar-refractivity contribution in [1.82, 2.24) is 0 Å². The average Bonchev–Trinajstić information content (AvgIpc) is 2.40. The number of esters is 2. The van der Waals surface area contributed by atoms with E-state index < -0.39 is 0 Å². The summed E-state index contributed by atoms with van der Waals surface area (Å²) < 4.78 is 10.5. The van der Waals surface area contributed by atoms with Gasteiger partial charge in [0, 0.05) is 0 Å². The summed E-state index contributed by atoms with van der Waals surface area (Å²) in [4.78, 5) is 23.8. The summed E-state index contributed by atoms with van der Waals surface area (Å²) in [5.41, 5.74) is 0.701. The van der Waals surface area contributed by atoms with Gasteiger partial charge in [-0.15, -0.1) is 0 Å². The van der Waals surface area contributed by atoms with E-state index in [9.17, 15) is 9.59 Å². The van der Waals surface area contributed by atoms with E-state index >= 15 is 0 Å². The standard InChI is InChI=1S/C18H26O4/c1-17(2,3)11-21-15(19)13-7-9-14(10-8-13)16(20)22-12-18(4,5)6/h7-10H,11-12H2,1-6H3. The first-order valence-electron chi connectivity index (χ1n) is 7.42. The van der Waals surface area contributed by atoms with Gasteiger partial charge < -0.3 is 9.47 Å². The lowest BCUT2D eigenvalue weighted by molar-refractivity contribution is 0.0355. The lowest BCUT2D eigenvalue weighted by Gasteiger charge is -2.18. The highest BCUT2D eigenvalue weighted by Gasteiger charge is 2.17. The molecule has 0 N–H and O–H groups in total. The Morgan fingerprint density at radius 3 is 1.23 bits per heavy atom. The van der Waals surface area contributed by atoms with Crippen LogP contribution in [0.1, 0.15) is 62.3 Å². The molecule has 0 aromatic heterocycles. The molecule has 1 aromatic carbocycles. The van der Waals surface area contributed by atoms with Crippen LogP contribution < -0.4 is 0 Å². The molecular formula is C18H26O4. The molecule has 1 aromatic rings. The molecule has 0 saturated heterocycles. The zero-order chi connectivity index (χ0) is 17.0. The van der Waals surface area contributed by atoms with Crippen molar-refractivity contribution in [2.24, 2.45) is 10.8 Å². The minimum atomic E-state index is -0.385. The highest BCUT2D eigenvalue weighted by molar-refractivity contribution is 5.93. The smallest absolute Gasteiger partial charge is 0.338 e. The van der Waals surface area contributed by atoms with E-state index in [-0.39, 0.29) is 22.8 Å². The second-order valence-corrected chi connectivity index (χ2v) is 7.85. The van der Waals surface area contributed by atoms with Gasteiger partial charge in [0.25, 0.3) is 0 Å². The van der Waals surface area contributed by atoms with Crippen molar-refractivity contribution in [2.45, 2.75) is 41.5 Å². The van der Waals surface area contributed by atoms with Crippen LogP contribution in [0.3, 0.4) is 0 Å².